The molecule has 1 spiro atoms. The molecule has 1 atom stereocenters. The Kier molecular flexibility index (Phi) is 9.88. The maximum atomic E-state index is 14.6. The van der Waals surface area contributed by atoms with Gasteiger partial charge in [-0.25, -0.2) is 9.37 Å². The number of halogens is 1. The molecule has 0 saturated carbocycles. The molecule has 10 nitrogen and oxygen atoms in total. The van der Waals surface area contributed by atoms with E-state index in [4.69, 9.17) is 4.74 Å². The van der Waals surface area contributed by atoms with Gasteiger partial charge >= 0.3 is 4.87 Å². The van der Waals surface area contributed by atoms with Crippen LogP contribution in [0, 0.1) is 5.82 Å². The number of aromatic hydroxyl groups is 1. The first kappa shape index (κ1) is 32.7. The predicted molar refractivity (Wildman–Crippen MR) is 177 cm³/mol. The van der Waals surface area contributed by atoms with Gasteiger partial charge in [-0.2, -0.15) is 0 Å². The molecule has 2 fully saturated rings. The summed E-state index contributed by atoms with van der Waals surface area (Å²) >= 11 is 2.49. The van der Waals surface area contributed by atoms with Gasteiger partial charge in [0.2, 0.25) is 0 Å². The molecule has 6 rings (SSSR count). The third-order valence-electron chi connectivity index (χ3n) is 8.84. The first-order chi connectivity index (χ1) is 22.1. The van der Waals surface area contributed by atoms with E-state index in [1.54, 1.807) is 18.2 Å². The Labute approximate surface area is 274 Å². The van der Waals surface area contributed by atoms with Gasteiger partial charge in [0.15, 0.2) is 0 Å². The number of carbonyl (C=O) groups excluding carboxylic acids is 1. The summed E-state index contributed by atoms with van der Waals surface area (Å²) in [6.45, 7) is 8.79. The molecule has 4 heterocycles. The van der Waals surface area contributed by atoms with Crippen molar-refractivity contribution in [2.45, 2.75) is 57.3 Å². The molecule has 13 heteroatoms. The average molecular weight is 670 g/mol. The van der Waals surface area contributed by atoms with Crippen LogP contribution in [0.15, 0.2) is 40.5 Å². The van der Waals surface area contributed by atoms with Gasteiger partial charge < -0.3 is 30.2 Å². The molecule has 46 heavy (non-hydrogen) atoms. The van der Waals surface area contributed by atoms with E-state index in [0.29, 0.717) is 66.6 Å². The van der Waals surface area contributed by atoms with Crippen LogP contribution in [-0.4, -0.2) is 87.4 Å². The van der Waals surface area contributed by atoms with E-state index in [1.165, 1.54) is 17.4 Å². The van der Waals surface area contributed by atoms with Crippen LogP contribution < -0.4 is 10.2 Å². The van der Waals surface area contributed by atoms with Crippen LogP contribution >= 0.6 is 22.7 Å². The Bertz CT molecular complexity index is 1750. The minimum atomic E-state index is -0.872. The number of morpholine rings is 1. The van der Waals surface area contributed by atoms with Gasteiger partial charge in [-0.1, -0.05) is 37.3 Å². The molecule has 246 valence electrons. The van der Waals surface area contributed by atoms with Gasteiger partial charge in [-0.05, 0) is 55.1 Å². The summed E-state index contributed by atoms with van der Waals surface area (Å²) in [4.78, 5) is 36.1. The third kappa shape index (κ3) is 7.35. The number of aromatic amines is 1. The van der Waals surface area contributed by atoms with E-state index in [9.17, 15) is 24.2 Å². The summed E-state index contributed by atoms with van der Waals surface area (Å²) in [5.74, 6) is -0.0399. The maximum Gasteiger partial charge on any atom is 0.305 e. The standard InChI is InChI=1S/C33H40FN5O5S2/c1-20(2)30-36-25(18-45-30)31(42)39-11-12-44-33(19-39)6-9-38(10-7-33)17-22-13-21(14-23(34)15-22)5-8-35-16-27(41)24-3-4-26(40)28-29(24)46-32(43)37-28/h3-4,13-15,18,20,27,35,40-41H,5-12,16-17,19H2,1-2H3,(H,37,43). The van der Waals surface area contributed by atoms with Gasteiger partial charge in [0.1, 0.15) is 22.8 Å². The Morgan fingerprint density at radius 1 is 1.20 bits per heavy atom. The molecule has 2 aromatic carbocycles. The molecule has 2 aromatic heterocycles. The van der Waals surface area contributed by atoms with Gasteiger partial charge in [-0.3, -0.25) is 14.5 Å². The Morgan fingerprint density at radius 3 is 2.74 bits per heavy atom. The molecule has 1 unspecified atom stereocenters. The van der Waals surface area contributed by atoms with E-state index in [0.717, 1.165) is 53.4 Å². The highest BCUT2D eigenvalue weighted by molar-refractivity contribution is 7.16. The number of fused-ring (bicyclic) bond motifs is 1. The van der Waals surface area contributed by atoms with Gasteiger partial charge in [0.25, 0.3) is 5.91 Å². The molecule has 4 N–H and O–H groups in total. The number of carbonyl (C=O) groups is 1. The van der Waals surface area contributed by atoms with Crippen molar-refractivity contribution in [3.63, 3.8) is 0 Å². The van der Waals surface area contributed by atoms with Crippen molar-refractivity contribution in [1.82, 2.24) is 25.1 Å². The molecule has 2 saturated heterocycles. The van der Waals surface area contributed by atoms with E-state index in [1.807, 2.05) is 16.3 Å². The fourth-order valence-corrected chi connectivity index (χ4v) is 8.07. The minimum Gasteiger partial charge on any atom is -0.506 e. The number of nitrogens with one attached hydrogen (secondary N) is 2. The zero-order valence-corrected chi connectivity index (χ0v) is 27.7. The topological polar surface area (TPSA) is 131 Å². The number of benzene rings is 2. The number of hydrogen-bond acceptors (Lipinski definition) is 10. The van der Waals surface area contributed by atoms with Crippen molar-refractivity contribution in [2.24, 2.45) is 0 Å². The number of amides is 1. The lowest BCUT2D eigenvalue weighted by Crippen LogP contribution is -2.58. The summed E-state index contributed by atoms with van der Waals surface area (Å²) < 4.78 is 21.4. The average Bonchev–Trinajstić information content (AvgIpc) is 3.68. The van der Waals surface area contributed by atoms with Crippen molar-refractivity contribution in [1.29, 1.82) is 0 Å². The van der Waals surface area contributed by atoms with Crippen molar-refractivity contribution < 1.29 is 24.1 Å². The summed E-state index contributed by atoms with van der Waals surface area (Å²) in [5, 5.41) is 26.8. The van der Waals surface area contributed by atoms with Crippen LogP contribution in [0.25, 0.3) is 10.2 Å². The van der Waals surface area contributed by atoms with Crippen molar-refractivity contribution >= 4 is 38.8 Å². The Balaban J connectivity index is 0.989. The summed E-state index contributed by atoms with van der Waals surface area (Å²) in [6, 6.07) is 8.24. The molecule has 4 aromatic rings. The second-order valence-corrected chi connectivity index (χ2v) is 14.5. The number of piperidine rings is 1. The molecule has 1 amide bonds. The number of ether oxygens (including phenoxy) is 1. The van der Waals surface area contributed by atoms with Crippen molar-refractivity contribution in [3.05, 3.63) is 78.6 Å². The highest BCUT2D eigenvalue weighted by Gasteiger charge is 2.41. The van der Waals surface area contributed by atoms with E-state index in [2.05, 4.69) is 34.0 Å². The first-order valence-corrected chi connectivity index (χ1v) is 17.4. The fraction of sp³-hybridized carbons (Fsp3) is 0.485. The van der Waals surface area contributed by atoms with Gasteiger partial charge in [0.05, 0.1) is 34.6 Å². The van der Waals surface area contributed by atoms with E-state index >= 15 is 0 Å². The zero-order valence-electron chi connectivity index (χ0n) is 26.1. The number of nitrogens with zero attached hydrogens (tertiary/aromatic N) is 3. The van der Waals surface area contributed by atoms with Crippen LogP contribution in [0.1, 0.15) is 70.9 Å². The van der Waals surface area contributed by atoms with Crippen molar-refractivity contribution in [2.75, 3.05) is 45.9 Å². The number of aliphatic hydroxyl groups is 1. The van der Waals surface area contributed by atoms with Gasteiger partial charge in [0, 0.05) is 49.6 Å². The number of phenolic OH excluding ortho intramolecular Hbond substituents is 1. The number of H-pyrrole nitrogens is 1. The number of aromatic nitrogens is 2. The summed E-state index contributed by atoms with van der Waals surface area (Å²) in [7, 11) is 0. The molecule has 2 aliphatic heterocycles. The summed E-state index contributed by atoms with van der Waals surface area (Å²) in [5.41, 5.74) is 2.83. The monoisotopic (exact) mass is 669 g/mol. The minimum absolute atomic E-state index is 0.0267. The molecule has 0 aliphatic carbocycles. The maximum absolute atomic E-state index is 14.6. The lowest BCUT2D eigenvalue weighted by Gasteiger charge is -2.47. The molecular weight excluding hydrogens is 630 g/mol. The lowest BCUT2D eigenvalue weighted by molar-refractivity contribution is -0.128. The quantitative estimate of drug-likeness (QED) is 0.183. The first-order valence-electron chi connectivity index (χ1n) is 15.7. The van der Waals surface area contributed by atoms with Crippen LogP contribution in [0.5, 0.6) is 5.75 Å². The van der Waals surface area contributed by atoms with Crippen LogP contribution in [-0.2, 0) is 17.7 Å². The number of phenols is 1. The Hall–Kier alpha value is -3.20. The number of likely N-dealkylation sites (tertiary alicyclic amines) is 1. The fourth-order valence-electron chi connectivity index (χ4n) is 6.35. The highest BCUT2D eigenvalue weighted by atomic mass is 32.1. The Morgan fingerprint density at radius 2 is 1.98 bits per heavy atom. The highest BCUT2D eigenvalue weighted by Crippen LogP contribution is 2.33. The van der Waals surface area contributed by atoms with E-state index in [-0.39, 0.29) is 34.5 Å². The molecule has 0 bridgehead atoms. The second kappa shape index (κ2) is 13.9. The van der Waals surface area contributed by atoms with Crippen LogP contribution in [0.3, 0.4) is 0 Å². The van der Waals surface area contributed by atoms with Gasteiger partial charge in [-0.15, -0.1) is 11.3 Å². The number of hydrogen-bond donors (Lipinski definition) is 4. The smallest absolute Gasteiger partial charge is 0.305 e. The number of aliphatic hydroxyl groups excluding tert-OH is 1. The zero-order chi connectivity index (χ0) is 32.4. The second-order valence-electron chi connectivity index (χ2n) is 12.6. The molecule has 2 aliphatic rings. The van der Waals surface area contributed by atoms with Crippen LogP contribution in [0.4, 0.5) is 4.39 Å². The number of rotatable bonds is 10. The lowest BCUT2D eigenvalue weighted by atomic mass is 9.89. The molecular formula is C33H40FN5O5S2. The third-order valence-corrected chi connectivity index (χ3v) is 10.9. The normalized spacial score (nSPS) is 17.7. The summed E-state index contributed by atoms with van der Waals surface area (Å²) in [6.07, 6.45) is 1.31. The molecule has 0 radical (unpaired) electrons. The number of thiazole rings is 2. The largest absolute Gasteiger partial charge is 0.506 e. The van der Waals surface area contributed by atoms with Crippen LogP contribution in [0.2, 0.25) is 0 Å². The predicted octanol–water partition coefficient (Wildman–Crippen LogP) is 4.39. The van der Waals surface area contributed by atoms with Crippen molar-refractivity contribution in [3.8, 4) is 5.75 Å². The van der Waals surface area contributed by atoms with E-state index < -0.39 is 6.10 Å². The SMILES string of the molecule is CC(C)c1nc(C(=O)N2CCOC3(CCN(Cc4cc(F)cc(CCNCC(O)c5ccc(O)c6[nH]c(=O)sc56)c4)CC3)C2)cs1.